The minimum absolute atomic E-state index is 0.0112. The lowest BCUT2D eigenvalue weighted by Gasteiger charge is -2.39. The topological polar surface area (TPSA) is 127 Å². The number of hydrogen-bond donors (Lipinski definition) is 1. The van der Waals surface area contributed by atoms with E-state index in [1.165, 1.54) is 30.5 Å². The molecule has 1 unspecified atom stereocenters. The molecule has 5 rings (SSSR count). The number of nitrogens with one attached hydrogen (secondary N) is 1. The number of anilines is 2. The summed E-state index contributed by atoms with van der Waals surface area (Å²) in [6.45, 7) is 1.71. The molecule has 1 N–H and O–H groups in total. The number of nitrogens with zero attached hydrogens (tertiary/aromatic N) is 4. The number of aromatic nitrogens is 2. The quantitative estimate of drug-likeness (QED) is 0.318. The van der Waals surface area contributed by atoms with Crippen LogP contribution in [0.2, 0.25) is 5.02 Å². The zero-order chi connectivity index (χ0) is 30.4. The fraction of sp³-hybridized carbons (Fsp3) is 0.333. The summed E-state index contributed by atoms with van der Waals surface area (Å²) in [5, 5.41) is 14.8. The van der Waals surface area contributed by atoms with Crippen LogP contribution in [0, 0.1) is 17.9 Å². The van der Waals surface area contributed by atoms with E-state index in [0.717, 1.165) is 21.5 Å². The van der Waals surface area contributed by atoms with Gasteiger partial charge in [0.2, 0.25) is 28.3 Å². The van der Waals surface area contributed by atoms with E-state index in [1.807, 2.05) is 0 Å². The van der Waals surface area contributed by atoms with E-state index in [1.54, 1.807) is 19.1 Å². The lowest BCUT2D eigenvalue weighted by atomic mass is 9.87. The average molecular weight is 624 g/mol. The SMILES string of the molecule is Cc1ccnc(N2[C@H](C(=O)N(c3cc(F)c[n+]([O-])c3)C(C(=O)NC3CC(F)(F)C3)c3ccccc3Cl)CCS2(=O)=O)c1. The van der Waals surface area contributed by atoms with Gasteiger partial charge in [0.15, 0.2) is 5.82 Å². The molecule has 1 aliphatic carbocycles. The standard InChI is InChI=1S/C27H25ClF3N5O5S/c1-16-6-8-32-23(10-16)36-22(7-9-42(36,40)41)26(38)35(19-11-17(29)14-34(39)15-19)24(20-4-2-3-5-21(20)28)25(37)33-18-12-27(30,31)13-18/h2-6,8,10-11,14-15,18,22,24H,7,9,12-13H2,1H3,(H,33,37)/t22-,24?/m0/s1. The molecule has 42 heavy (non-hydrogen) atoms. The largest absolute Gasteiger partial charge is 0.619 e. The summed E-state index contributed by atoms with van der Waals surface area (Å²) in [7, 11) is -4.06. The van der Waals surface area contributed by atoms with Crippen molar-refractivity contribution in [2.75, 3.05) is 15.0 Å². The van der Waals surface area contributed by atoms with Gasteiger partial charge in [-0.25, -0.2) is 30.9 Å². The minimum atomic E-state index is -4.06. The Morgan fingerprint density at radius 1 is 1.21 bits per heavy atom. The van der Waals surface area contributed by atoms with E-state index < -0.39 is 70.3 Å². The molecular formula is C27H25ClF3N5O5S. The molecule has 1 aliphatic heterocycles. The Balaban J connectivity index is 1.65. The highest BCUT2D eigenvalue weighted by Gasteiger charge is 2.50. The summed E-state index contributed by atoms with van der Waals surface area (Å²) in [6, 6.07) is 5.79. The molecule has 15 heteroatoms. The molecule has 1 aromatic carbocycles. The highest BCUT2D eigenvalue weighted by molar-refractivity contribution is 7.93. The predicted molar refractivity (Wildman–Crippen MR) is 147 cm³/mol. The number of hydrogen-bond acceptors (Lipinski definition) is 6. The van der Waals surface area contributed by atoms with Crippen LogP contribution in [-0.4, -0.2) is 49.0 Å². The number of aryl methyl sites for hydroxylation is 1. The van der Waals surface area contributed by atoms with Crippen molar-refractivity contribution >= 4 is 44.9 Å². The number of sulfonamides is 1. The smallest absolute Gasteiger partial charge is 0.252 e. The van der Waals surface area contributed by atoms with E-state index in [2.05, 4.69) is 10.3 Å². The van der Waals surface area contributed by atoms with Crippen LogP contribution in [0.15, 0.2) is 61.1 Å². The Morgan fingerprint density at radius 3 is 2.57 bits per heavy atom. The molecule has 2 fully saturated rings. The maximum atomic E-state index is 14.6. The fourth-order valence-corrected chi connectivity index (χ4v) is 7.10. The van der Waals surface area contributed by atoms with Crippen molar-refractivity contribution in [3.8, 4) is 0 Å². The Labute approximate surface area is 244 Å². The number of alkyl halides is 2. The zero-order valence-corrected chi connectivity index (χ0v) is 23.7. The third kappa shape index (κ3) is 5.86. The molecule has 3 aromatic rings. The average Bonchev–Trinajstić information content (AvgIpc) is 3.20. The molecule has 0 radical (unpaired) electrons. The third-order valence-corrected chi connectivity index (χ3v) is 9.23. The van der Waals surface area contributed by atoms with E-state index >= 15 is 0 Å². The molecule has 222 valence electrons. The van der Waals surface area contributed by atoms with Crippen LogP contribution in [0.3, 0.4) is 0 Å². The lowest BCUT2D eigenvalue weighted by molar-refractivity contribution is -0.606. The van der Waals surface area contributed by atoms with Crippen LogP contribution in [0.25, 0.3) is 0 Å². The van der Waals surface area contributed by atoms with Gasteiger partial charge in [0.1, 0.15) is 23.6 Å². The normalized spacial score (nSPS) is 20.0. The van der Waals surface area contributed by atoms with Crippen molar-refractivity contribution < 1.29 is 35.9 Å². The minimum Gasteiger partial charge on any atom is -0.619 e. The number of rotatable bonds is 7. The predicted octanol–water partition coefficient (Wildman–Crippen LogP) is 3.41. The van der Waals surface area contributed by atoms with E-state index in [9.17, 15) is 36.4 Å². The van der Waals surface area contributed by atoms with Crippen molar-refractivity contribution in [1.29, 1.82) is 0 Å². The molecule has 2 aromatic heterocycles. The van der Waals surface area contributed by atoms with Gasteiger partial charge in [-0.3, -0.25) is 14.5 Å². The summed E-state index contributed by atoms with van der Waals surface area (Å²) in [4.78, 5) is 33.2. The van der Waals surface area contributed by atoms with Gasteiger partial charge in [0, 0.05) is 41.7 Å². The number of carbonyl (C=O) groups excluding carboxylic acids is 2. The Morgan fingerprint density at radius 2 is 1.93 bits per heavy atom. The van der Waals surface area contributed by atoms with Gasteiger partial charge >= 0.3 is 0 Å². The molecule has 2 amide bonds. The zero-order valence-electron chi connectivity index (χ0n) is 22.1. The first-order chi connectivity index (χ1) is 19.8. The Hall–Kier alpha value is -3.91. The van der Waals surface area contributed by atoms with Crippen LogP contribution >= 0.6 is 11.6 Å². The van der Waals surface area contributed by atoms with Crippen molar-refractivity contribution in [2.45, 2.75) is 50.2 Å². The van der Waals surface area contributed by atoms with Gasteiger partial charge in [0.05, 0.1) is 5.75 Å². The number of carbonyl (C=O) groups is 2. The molecule has 2 aliphatic rings. The maximum Gasteiger partial charge on any atom is 0.252 e. The van der Waals surface area contributed by atoms with Crippen molar-refractivity contribution in [1.82, 2.24) is 10.3 Å². The summed E-state index contributed by atoms with van der Waals surface area (Å²) in [6.07, 6.45) is 1.33. The number of benzene rings is 1. The number of amides is 2. The van der Waals surface area contributed by atoms with E-state index in [-0.39, 0.29) is 33.2 Å². The van der Waals surface area contributed by atoms with Crippen LogP contribution in [-0.2, 0) is 19.6 Å². The van der Waals surface area contributed by atoms with Crippen molar-refractivity contribution in [3.05, 3.63) is 88.2 Å². The van der Waals surface area contributed by atoms with E-state index in [0.29, 0.717) is 11.8 Å². The second kappa shape index (κ2) is 11.1. The van der Waals surface area contributed by atoms with Crippen LogP contribution in [0.5, 0.6) is 0 Å². The monoisotopic (exact) mass is 623 g/mol. The number of pyridine rings is 2. The molecular weight excluding hydrogens is 599 g/mol. The first-order valence-electron chi connectivity index (χ1n) is 12.9. The van der Waals surface area contributed by atoms with Crippen LogP contribution < -0.4 is 19.3 Å². The molecule has 3 heterocycles. The maximum absolute atomic E-state index is 14.6. The molecule has 10 nitrogen and oxygen atoms in total. The van der Waals surface area contributed by atoms with Gasteiger partial charge in [-0.1, -0.05) is 29.8 Å². The Kier molecular flexibility index (Phi) is 7.79. The molecule has 0 spiro atoms. The second-order valence-corrected chi connectivity index (χ2v) is 12.7. The highest BCUT2D eigenvalue weighted by Crippen LogP contribution is 2.40. The van der Waals surface area contributed by atoms with E-state index in [4.69, 9.17) is 11.6 Å². The van der Waals surface area contributed by atoms with Crippen LogP contribution in [0.4, 0.5) is 24.7 Å². The fourth-order valence-electron chi connectivity index (χ4n) is 5.18. The summed E-state index contributed by atoms with van der Waals surface area (Å²) < 4.78 is 69.0. The van der Waals surface area contributed by atoms with Gasteiger partial charge in [-0.2, -0.15) is 4.73 Å². The molecule has 1 saturated heterocycles. The summed E-state index contributed by atoms with van der Waals surface area (Å²) in [5.41, 5.74) is 0.322. The van der Waals surface area contributed by atoms with Crippen molar-refractivity contribution in [2.24, 2.45) is 0 Å². The molecule has 1 saturated carbocycles. The molecule has 2 atom stereocenters. The van der Waals surface area contributed by atoms with Crippen molar-refractivity contribution in [3.63, 3.8) is 0 Å². The van der Waals surface area contributed by atoms with Crippen LogP contribution in [0.1, 0.15) is 36.4 Å². The van der Waals surface area contributed by atoms with Gasteiger partial charge in [-0.15, -0.1) is 0 Å². The second-order valence-electron chi connectivity index (χ2n) is 10.3. The third-order valence-electron chi connectivity index (χ3n) is 7.10. The first-order valence-corrected chi connectivity index (χ1v) is 14.8. The van der Waals surface area contributed by atoms with Gasteiger partial charge in [-0.05, 0) is 37.1 Å². The first kappa shape index (κ1) is 29.6. The lowest BCUT2D eigenvalue weighted by Crippen LogP contribution is -2.56. The summed E-state index contributed by atoms with van der Waals surface area (Å²) >= 11 is 6.44. The van der Waals surface area contributed by atoms with Gasteiger partial charge in [0.25, 0.3) is 11.8 Å². The highest BCUT2D eigenvalue weighted by atomic mass is 35.5. The summed E-state index contributed by atoms with van der Waals surface area (Å²) in [5.74, 6) is -6.40. The number of halogens is 4. The molecule has 0 bridgehead atoms. The Bertz CT molecular complexity index is 1630. The van der Waals surface area contributed by atoms with Gasteiger partial charge < -0.3 is 10.5 Å².